The van der Waals surface area contributed by atoms with Crippen molar-refractivity contribution in [3.8, 4) is 0 Å². The van der Waals surface area contributed by atoms with Crippen LogP contribution in [0.25, 0.3) is 10.8 Å². The predicted molar refractivity (Wildman–Crippen MR) is 67.2 cm³/mol. The maximum atomic E-state index is 3.77. The third kappa shape index (κ3) is 1.94. The Kier molecular flexibility index (Phi) is 2.86. The first-order chi connectivity index (χ1) is 7.33. The van der Waals surface area contributed by atoms with Crippen molar-refractivity contribution in [1.82, 2.24) is 0 Å². The van der Waals surface area contributed by atoms with Gasteiger partial charge >= 0.3 is 0 Å². The normalized spacial score (nSPS) is 10.5. The van der Waals surface area contributed by atoms with Gasteiger partial charge < -0.3 is 0 Å². The molecule has 0 amide bonds. The molecular formula is C15H16. The van der Waals surface area contributed by atoms with E-state index in [9.17, 15) is 0 Å². The van der Waals surface area contributed by atoms with Crippen molar-refractivity contribution >= 4 is 10.8 Å². The van der Waals surface area contributed by atoms with Gasteiger partial charge in [0.05, 0.1) is 0 Å². The number of aryl methyl sites for hydroxylation is 2. The van der Waals surface area contributed by atoms with Crippen molar-refractivity contribution in [3.63, 3.8) is 0 Å². The second kappa shape index (κ2) is 4.31. The van der Waals surface area contributed by atoms with Crippen molar-refractivity contribution in [2.75, 3.05) is 0 Å². The SMILES string of the molecule is C=CCCc1ccc(C)c2ccccc12. The highest BCUT2D eigenvalue weighted by molar-refractivity contribution is 5.88. The van der Waals surface area contributed by atoms with Gasteiger partial charge in [-0.3, -0.25) is 0 Å². The molecule has 0 bridgehead atoms. The molecule has 0 aromatic heterocycles. The van der Waals surface area contributed by atoms with Crippen molar-refractivity contribution in [2.45, 2.75) is 19.8 Å². The molecule has 0 radical (unpaired) electrons. The quantitative estimate of drug-likeness (QED) is 0.643. The van der Waals surface area contributed by atoms with Crippen LogP contribution in [-0.4, -0.2) is 0 Å². The second-order valence-electron chi connectivity index (χ2n) is 3.91. The molecule has 76 valence electrons. The van der Waals surface area contributed by atoms with E-state index in [-0.39, 0.29) is 0 Å². The van der Waals surface area contributed by atoms with Crippen LogP contribution in [0.5, 0.6) is 0 Å². The minimum Gasteiger partial charge on any atom is -0.103 e. The average Bonchev–Trinajstić information content (AvgIpc) is 2.29. The topological polar surface area (TPSA) is 0 Å². The molecule has 0 aliphatic heterocycles. The van der Waals surface area contributed by atoms with Crippen molar-refractivity contribution in [3.05, 3.63) is 60.2 Å². The van der Waals surface area contributed by atoms with Gasteiger partial charge in [0.15, 0.2) is 0 Å². The summed E-state index contributed by atoms with van der Waals surface area (Å²) < 4.78 is 0. The monoisotopic (exact) mass is 196 g/mol. The summed E-state index contributed by atoms with van der Waals surface area (Å²) in [6.45, 7) is 5.94. The summed E-state index contributed by atoms with van der Waals surface area (Å²) in [6, 6.07) is 13.1. The standard InChI is InChI=1S/C15H16/c1-3-4-7-13-11-10-12(2)14-8-5-6-9-15(13)14/h3,5-6,8-11H,1,4,7H2,2H3. The molecule has 0 N–H and O–H groups in total. The van der Waals surface area contributed by atoms with Crippen LogP contribution in [0.15, 0.2) is 49.1 Å². The summed E-state index contributed by atoms with van der Waals surface area (Å²) in [5, 5.41) is 2.76. The van der Waals surface area contributed by atoms with Gasteiger partial charge in [0.2, 0.25) is 0 Å². The molecule has 2 aromatic carbocycles. The summed E-state index contributed by atoms with van der Waals surface area (Å²) in [7, 11) is 0. The van der Waals surface area contributed by atoms with E-state index in [0.717, 1.165) is 12.8 Å². The van der Waals surface area contributed by atoms with E-state index >= 15 is 0 Å². The van der Waals surface area contributed by atoms with Gasteiger partial charge in [0.1, 0.15) is 0 Å². The molecule has 0 aliphatic rings. The molecule has 0 spiro atoms. The molecule has 0 aliphatic carbocycles. The van der Waals surface area contributed by atoms with E-state index in [4.69, 9.17) is 0 Å². The van der Waals surface area contributed by atoms with Crippen molar-refractivity contribution in [1.29, 1.82) is 0 Å². The lowest BCUT2D eigenvalue weighted by Crippen LogP contribution is -1.88. The van der Waals surface area contributed by atoms with Crippen LogP contribution >= 0.6 is 0 Å². The average molecular weight is 196 g/mol. The summed E-state index contributed by atoms with van der Waals surface area (Å²) in [6.07, 6.45) is 4.12. The smallest absolute Gasteiger partial charge is 0.0149 e. The molecule has 0 heteroatoms. The number of hydrogen-bond acceptors (Lipinski definition) is 0. The molecule has 2 aromatic rings. The Labute approximate surface area is 91.2 Å². The molecule has 0 unspecified atom stereocenters. The molecular weight excluding hydrogens is 180 g/mol. The lowest BCUT2D eigenvalue weighted by Gasteiger charge is -2.07. The van der Waals surface area contributed by atoms with Gasteiger partial charge in [-0.2, -0.15) is 0 Å². The Morgan fingerprint density at radius 2 is 1.80 bits per heavy atom. The van der Waals surface area contributed by atoms with Gasteiger partial charge in [-0.25, -0.2) is 0 Å². The van der Waals surface area contributed by atoms with Crippen LogP contribution in [0, 0.1) is 6.92 Å². The van der Waals surface area contributed by atoms with Gasteiger partial charge in [0.25, 0.3) is 0 Å². The van der Waals surface area contributed by atoms with E-state index in [1.807, 2.05) is 6.08 Å². The summed E-state index contributed by atoms with van der Waals surface area (Å²) in [4.78, 5) is 0. The largest absolute Gasteiger partial charge is 0.103 e. The minimum absolute atomic E-state index is 1.05. The Hall–Kier alpha value is -1.56. The van der Waals surface area contributed by atoms with Gasteiger partial charge in [-0.1, -0.05) is 42.5 Å². The van der Waals surface area contributed by atoms with Crippen molar-refractivity contribution in [2.24, 2.45) is 0 Å². The lowest BCUT2D eigenvalue weighted by atomic mass is 9.98. The van der Waals surface area contributed by atoms with Crippen LogP contribution in [0.1, 0.15) is 17.5 Å². The highest BCUT2D eigenvalue weighted by atomic mass is 14.1. The fraction of sp³-hybridized carbons (Fsp3) is 0.200. The highest BCUT2D eigenvalue weighted by Gasteiger charge is 2.01. The number of hydrogen-bond donors (Lipinski definition) is 0. The Balaban J connectivity index is 2.56. The minimum atomic E-state index is 1.05. The first-order valence-corrected chi connectivity index (χ1v) is 5.41. The summed E-state index contributed by atoms with van der Waals surface area (Å²) in [5.74, 6) is 0. The van der Waals surface area contributed by atoms with E-state index in [1.54, 1.807) is 0 Å². The molecule has 0 saturated carbocycles. The maximum absolute atomic E-state index is 3.77. The number of rotatable bonds is 3. The molecule has 2 rings (SSSR count). The van der Waals surface area contributed by atoms with Gasteiger partial charge in [-0.15, -0.1) is 6.58 Å². The molecule has 0 heterocycles. The molecule has 0 atom stereocenters. The molecule has 0 nitrogen and oxygen atoms in total. The van der Waals surface area contributed by atoms with Crippen LogP contribution < -0.4 is 0 Å². The number of allylic oxidation sites excluding steroid dienone is 1. The third-order valence-electron chi connectivity index (χ3n) is 2.85. The maximum Gasteiger partial charge on any atom is -0.0149 e. The zero-order valence-corrected chi connectivity index (χ0v) is 9.16. The first-order valence-electron chi connectivity index (χ1n) is 5.41. The predicted octanol–water partition coefficient (Wildman–Crippen LogP) is 4.27. The van der Waals surface area contributed by atoms with Crippen LogP contribution in [0.4, 0.5) is 0 Å². The van der Waals surface area contributed by atoms with Gasteiger partial charge in [-0.05, 0) is 41.7 Å². The Bertz CT molecular complexity index is 480. The summed E-state index contributed by atoms with van der Waals surface area (Å²) >= 11 is 0. The first kappa shape index (κ1) is 9.97. The fourth-order valence-corrected chi connectivity index (χ4v) is 1.99. The van der Waals surface area contributed by atoms with E-state index in [0.29, 0.717) is 0 Å². The lowest BCUT2D eigenvalue weighted by molar-refractivity contribution is 1.01. The highest BCUT2D eigenvalue weighted by Crippen LogP contribution is 2.23. The zero-order chi connectivity index (χ0) is 10.7. The van der Waals surface area contributed by atoms with Crippen molar-refractivity contribution < 1.29 is 0 Å². The zero-order valence-electron chi connectivity index (χ0n) is 9.16. The summed E-state index contributed by atoms with van der Waals surface area (Å²) in [5.41, 5.74) is 2.78. The number of benzene rings is 2. The third-order valence-corrected chi connectivity index (χ3v) is 2.85. The Morgan fingerprint density at radius 3 is 2.53 bits per heavy atom. The molecule has 15 heavy (non-hydrogen) atoms. The van der Waals surface area contributed by atoms with Crippen LogP contribution in [-0.2, 0) is 6.42 Å². The van der Waals surface area contributed by atoms with E-state index in [2.05, 4.69) is 49.9 Å². The Morgan fingerprint density at radius 1 is 1.07 bits per heavy atom. The molecule has 0 fully saturated rings. The van der Waals surface area contributed by atoms with E-state index < -0.39 is 0 Å². The second-order valence-corrected chi connectivity index (χ2v) is 3.91. The molecule has 0 saturated heterocycles. The fourth-order valence-electron chi connectivity index (χ4n) is 1.99. The van der Waals surface area contributed by atoms with Gasteiger partial charge in [0, 0.05) is 0 Å². The van der Waals surface area contributed by atoms with Crippen LogP contribution in [0.3, 0.4) is 0 Å². The van der Waals surface area contributed by atoms with Crippen LogP contribution in [0.2, 0.25) is 0 Å². The number of fused-ring (bicyclic) bond motifs is 1. The van der Waals surface area contributed by atoms with E-state index in [1.165, 1.54) is 21.9 Å².